The lowest BCUT2D eigenvalue weighted by Gasteiger charge is -2.12. The number of anilines is 3. The van der Waals surface area contributed by atoms with E-state index < -0.39 is 24.8 Å². The summed E-state index contributed by atoms with van der Waals surface area (Å²) in [7, 11) is 0. The molecule has 0 spiro atoms. The molecule has 0 radical (unpaired) electrons. The van der Waals surface area contributed by atoms with Crippen LogP contribution in [-0.4, -0.2) is 65.1 Å². The Morgan fingerprint density at radius 2 is 1.66 bits per heavy atom. The first-order valence-corrected chi connectivity index (χ1v) is 11.6. The van der Waals surface area contributed by atoms with E-state index in [2.05, 4.69) is 30.9 Å². The van der Waals surface area contributed by atoms with Crippen LogP contribution in [0.3, 0.4) is 0 Å². The van der Waals surface area contributed by atoms with Crippen LogP contribution in [0.4, 0.5) is 30.8 Å². The molecule has 0 bridgehead atoms. The minimum Gasteiger partial charge on any atom is -0.494 e. The van der Waals surface area contributed by atoms with Gasteiger partial charge in [0.05, 0.1) is 12.2 Å². The number of carboxylic acids is 1. The molecule has 0 saturated carbocycles. The molecule has 1 heterocycles. The Kier molecular flexibility index (Phi) is 10.4. The van der Waals surface area contributed by atoms with Gasteiger partial charge in [-0.3, -0.25) is 0 Å². The molecule has 0 aliphatic rings. The second-order valence-corrected chi connectivity index (χ2v) is 7.91. The number of nitrogens with zero attached hydrogens (tertiary/aromatic N) is 3. The molecule has 0 unspecified atom stereocenters. The summed E-state index contributed by atoms with van der Waals surface area (Å²) < 4.78 is 48.3. The second-order valence-electron chi connectivity index (χ2n) is 7.91. The summed E-state index contributed by atoms with van der Waals surface area (Å²) in [5.74, 6) is -0.503. The van der Waals surface area contributed by atoms with Crippen molar-refractivity contribution in [3.8, 4) is 11.8 Å². The maximum Gasteiger partial charge on any atom is 0.422 e. The molecule has 6 N–H and O–H groups in total. The van der Waals surface area contributed by atoms with Crippen LogP contribution >= 0.6 is 0 Å². The Labute approximate surface area is 216 Å². The normalized spacial score (nSPS) is 11.2. The quantitative estimate of drug-likeness (QED) is 0.182. The van der Waals surface area contributed by atoms with Crippen molar-refractivity contribution in [3.05, 3.63) is 59.7 Å². The topological polar surface area (TPSA) is 157 Å². The van der Waals surface area contributed by atoms with Crippen LogP contribution in [0.25, 0.3) is 0 Å². The number of aromatic nitrogens is 3. The van der Waals surface area contributed by atoms with Crippen LogP contribution in [0.2, 0.25) is 0 Å². The Bertz CT molecular complexity index is 1160. The highest BCUT2D eigenvalue weighted by Gasteiger charge is 2.29. The highest BCUT2D eigenvalue weighted by Crippen LogP contribution is 2.21. The minimum atomic E-state index is -4.58. The second kappa shape index (κ2) is 13.9. The lowest BCUT2D eigenvalue weighted by Crippen LogP contribution is -2.24. The fourth-order valence-corrected chi connectivity index (χ4v) is 3.03. The average molecular weight is 536 g/mol. The van der Waals surface area contributed by atoms with Crippen molar-refractivity contribution < 1.29 is 32.5 Å². The number of benzene rings is 2. The SMILES string of the molecule is NCCNCCCOc1ccc(CNc2nc(Nc3ccc(C(=O)O)cc3)nc(OCC(F)(F)F)n2)cc1. The third-order valence-electron chi connectivity index (χ3n) is 4.83. The monoisotopic (exact) mass is 535 g/mol. The van der Waals surface area contributed by atoms with Crippen LogP contribution in [0.15, 0.2) is 48.5 Å². The van der Waals surface area contributed by atoms with Crippen molar-refractivity contribution >= 4 is 23.6 Å². The molecule has 14 heteroatoms. The van der Waals surface area contributed by atoms with Gasteiger partial charge < -0.3 is 36.3 Å². The fourth-order valence-electron chi connectivity index (χ4n) is 3.03. The molecule has 0 aliphatic heterocycles. The molecule has 0 atom stereocenters. The summed E-state index contributed by atoms with van der Waals surface area (Å²) in [6.45, 7) is 1.39. The van der Waals surface area contributed by atoms with Crippen molar-refractivity contribution in [2.24, 2.45) is 5.73 Å². The largest absolute Gasteiger partial charge is 0.494 e. The van der Waals surface area contributed by atoms with E-state index in [1.165, 1.54) is 24.3 Å². The van der Waals surface area contributed by atoms with E-state index in [9.17, 15) is 18.0 Å². The number of ether oxygens (including phenoxy) is 2. The van der Waals surface area contributed by atoms with Gasteiger partial charge in [0.25, 0.3) is 0 Å². The van der Waals surface area contributed by atoms with Crippen LogP contribution in [0.1, 0.15) is 22.3 Å². The van der Waals surface area contributed by atoms with Crippen LogP contribution in [0.5, 0.6) is 11.8 Å². The number of hydrogen-bond acceptors (Lipinski definition) is 10. The first kappa shape index (κ1) is 28.4. The molecule has 2 aromatic carbocycles. The van der Waals surface area contributed by atoms with Crippen molar-refractivity contribution in [1.82, 2.24) is 20.3 Å². The zero-order valence-corrected chi connectivity index (χ0v) is 20.3. The maximum absolute atomic E-state index is 12.6. The lowest BCUT2D eigenvalue weighted by molar-refractivity contribution is -0.154. The van der Waals surface area contributed by atoms with Gasteiger partial charge in [-0.15, -0.1) is 0 Å². The Morgan fingerprint density at radius 3 is 2.32 bits per heavy atom. The maximum atomic E-state index is 12.6. The molecule has 38 heavy (non-hydrogen) atoms. The molecular formula is C24H28F3N7O4. The molecule has 0 aliphatic carbocycles. The van der Waals surface area contributed by atoms with Crippen molar-refractivity contribution in [2.75, 3.05) is 43.5 Å². The predicted molar refractivity (Wildman–Crippen MR) is 134 cm³/mol. The summed E-state index contributed by atoms with van der Waals surface area (Å²) in [5, 5.41) is 18.0. The lowest BCUT2D eigenvalue weighted by atomic mass is 10.2. The highest BCUT2D eigenvalue weighted by atomic mass is 19.4. The highest BCUT2D eigenvalue weighted by molar-refractivity contribution is 5.88. The number of hydrogen-bond donors (Lipinski definition) is 5. The number of alkyl halides is 3. The fraction of sp³-hybridized carbons (Fsp3) is 0.333. The summed E-state index contributed by atoms with van der Waals surface area (Å²) >= 11 is 0. The van der Waals surface area contributed by atoms with E-state index >= 15 is 0 Å². The Hall–Kier alpha value is -4.17. The number of nitrogens with one attached hydrogen (secondary N) is 3. The van der Waals surface area contributed by atoms with Gasteiger partial charge in [-0.2, -0.15) is 28.1 Å². The summed E-state index contributed by atoms with van der Waals surface area (Å²) in [5.41, 5.74) is 6.75. The number of halogens is 3. The Morgan fingerprint density at radius 1 is 0.947 bits per heavy atom. The molecule has 11 nitrogen and oxygen atoms in total. The van der Waals surface area contributed by atoms with E-state index in [0.29, 0.717) is 24.6 Å². The average Bonchev–Trinajstić information content (AvgIpc) is 2.89. The van der Waals surface area contributed by atoms with Crippen molar-refractivity contribution in [3.63, 3.8) is 0 Å². The third-order valence-corrected chi connectivity index (χ3v) is 4.83. The first-order valence-electron chi connectivity index (χ1n) is 11.6. The smallest absolute Gasteiger partial charge is 0.422 e. The Balaban J connectivity index is 1.63. The van der Waals surface area contributed by atoms with Gasteiger partial charge in [0.1, 0.15) is 5.75 Å². The zero-order valence-electron chi connectivity index (χ0n) is 20.3. The van der Waals surface area contributed by atoms with E-state index in [4.69, 9.17) is 20.3 Å². The summed E-state index contributed by atoms with van der Waals surface area (Å²) in [6.07, 6.45) is -3.74. The minimum absolute atomic E-state index is 0.0212. The van der Waals surface area contributed by atoms with Crippen LogP contribution in [-0.2, 0) is 6.54 Å². The number of carbonyl (C=O) groups is 1. The van der Waals surface area contributed by atoms with Gasteiger partial charge in [0.15, 0.2) is 6.61 Å². The van der Waals surface area contributed by atoms with Gasteiger partial charge in [0.2, 0.25) is 11.9 Å². The number of aromatic carboxylic acids is 1. The van der Waals surface area contributed by atoms with Gasteiger partial charge in [-0.05, 0) is 54.9 Å². The molecule has 0 amide bonds. The van der Waals surface area contributed by atoms with E-state index in [1.807, 2.05) is 24.3 Å². The molecule has 3 rings (SSSR count). The molecule has 0 saturated heterocycles. The molecule has 0 fully saturated rings. The first-order chi connectivity index (χ1) is 18.2. The van der Waals surface area contributed by atoms with E-state index in [0.717, 1.165) is 25.1 Å². The van der Waals surface area contributed by atoms with E-state index in [1.54, 1.807) is 0 Å². The van der Waals surface area contributed by atoms with E-state index in [-0.39, 0.29) is 24.0 Å². The van der Waals surface area contributed by atoms with Gasteiger partial charge >= 0.3 is 18.2 Å². The van der Waals surface area contributed by atoms with Gasteiger partial charge in [-0.25, -0.2) is 4.79 Å². The number of nitrogens with two attached hydrogens (primary N) is 1. The number of carboxylic acid groups (broad SMARTS) is 1. The predicted octanol–water partition coefficient (Wildman–Crippen LogP) is 3.18. The summed E-state index contributed by atoms with van der Waals surface area (Å²) in [4.78, 5) is 23.0. The standard InChI is InChI=1S/C24H28F3N7O4/c25-24(26,27)15-38-23-33-21(32-22(34-23)31-18-6-4-17(5-7-18)20(35)36)30-14-16-2-8-19(9-3-16)37-13-1-11-29-12-10-28/h2-9,29H,1,10-15,28H2,(H,35,36)(H2,30,31,32,33,34). The van der Waals surface area contributed by atoms with Gasteiger partial charge in [0, 0.05) is 25.3 Å². The third kappa shape index (κ3) is 10.1. The van der Waals surface area contributed by atoms with Gasteiger partial charge in [-0.1, -0.05) is 12.1 Å². The molecular weight excluding hydrogens is 507 g/mol. The molecule has 204 valence electrons. The van der Waals surface area contributed by atoms with Crippen LogP contribution < -0.4 is 31.2 Å². The van der Waals surface area contributed by atoms with Crippen LogP contribution in [0, 0.1) is 0 Å². The zero-order chi connectivity index (χ0) is 27.4. The number of rotatable bonds is 15. The molecule has 1 aromatic heterocycles. The molecule has 3 aromatic rings. The van der Waals surface area contributed by atoms with Crippen molar-refractivity contribution in [1.29, 1.82) is 0 Å². The summed E-state index contributed by atoms with van der Waals surface area (Å²) in [6, 6.07) is 12.4. The van der Waals surface area contributed by atoms with Crippen molar-refractivity contribution in [2.45, 2.75) is 19.1 Å².